The minimum absolute atomic E-state index is 0.161. The number of hydrogen-bond acceptors (Lipinski definition) is 6. The van der Waals surface area contributed by atoms with Gasteiger partial charge in [-0.15, -0.1) is 0 Å². The van der Waals surface area contributed by atoms with E-state index in [0.29, 0.717) is 22.7 Å². The van der Waals surface area contributed by atoms with E-state index in [2.05, 4.69) is 5.32 Å². The summed E-state index contributed by atoms with van der Waals surface area (Å²) in [4.78, 5) is 40.6. The van der Waals surface area contributed by atoms with E-state index in [-0.39, 0.29) is 10.7 Å². The van der Waals surface area contributed by atoms with Gasteiger partial charge in [0, 0.05) is 18.8 Å². The molecule has 2 aliphatic rings. The number of anilines is 2. The van der Waals surface area contributed by atoms with Crippen LogP contribution in [0.4, 0.5) is 20.6 Å². The van der Waals surface area contributed by atoms with Crippen LogP contribution >= 0.6 is 11.8 Å². The van der Waals surface area contributed by atoms with Crippen LogP contribution in [0.3, 0.4) is 0 Å². The Bertz CT molecular complexity index is 1130. The van der Waals surface area contributed by atoms with Crippen molar-refractivity contribution in [2.45, 2.75) is 19.8 Å². The van der Waals surface area contributed by atoms with Crippen molar-refractivity contribution in [1.82, 2.24) is 4.90 Å². The smallest absolute Gasteiger partial charge is 0.294 e. The molecule has 0 spiro atoms. The van der Waals surface area contributed by atoms with Gasteiger partial charge in [-0.1, -0.05) is 0 Å². The second-order valence-electron chi connectivity index (χ2n) is 7.90. The highest BCUT2D eigenvalue weighted by molar-refractivity contribution is 8.18. The number of nitrogens with zero attached hydrogens (tertiary/aromatic N) is 2. The number of benzene rings is 2. The number of halogens is 1. The van der Waals surface area contributed by atoms with Crippen LogP contribution in [0.15, 0.2) is 41.3 Å². The van der Waals surface area contributed by atoms with Crippen molar-refractivity contribution in [3.63, 3.8) is 0 Å². The molecule has 2 heterocycles. The minimum atomic E-state index is -0.571. The molecule has 0 aromatic heterocycles. The van der Waals surface area contributed by atoms with Crippen LogP contribution in [0, 0.1) is 12.7 Å². The predicted octanol–water partition coefficient (Wildman–Crippen LogP) is 4.42. The second kappa shape index (κ2) is 9.66. The normalized spacial score (nSPS) is 17.2. The van der Waals surface area contributed by atoms with Crippen molar-refractivity contribution in [3.8, 4) is 5.75 Å². The van der Waals surface area contributed by atoms with Crippen LogP contribution in [0.25, 0.3) is 6.08 Å². The molecule has 2 aliphatic heterocycles. The fourth-order valence-electron chi connectivity index (χ4n) is 3.83. The van der Waals surface area contributed by atoms with Gasteiger partial charge in [0.05, 0.1) is 17.7 Å². The van der Waals surface area contributed by atoms with Gasteiger partial charge in [0.15, 0.2) is 0 Å². The third-order valence-corrected chi connectivity index (χ3v) is 6.53. The molecule has 4 rings (SSSR count). The molecule has 0 radical (unpaired) electrons. The summed E-state index contributed by atoms with van der Waals surface area (Å²) in [5.41, 5.74) is 2.42. The molecule has 0 saturated carbocycles. The average Bonchev–Trinajstić information content (AvgIpc) is 3.41. The number of carbonyl (C=O) groups is 3. The van der Waals surface area contributed by atoms with Gasteiger partial charge >= 0.3 is 0 Å². The minimum Gasteiger partial charge on any atom is -0.497 e. The largest absolute Gasteiger partial charge is 0.497 e. The van der Waals surface area contributed by atoms with Crippen molar-refractivity contribution < 1.29 is 23.5 Å². The molecule has 2 aromatic carbocycles. The van der Waals surface area contributed by atoms with E-state index in [0.717, 1.165) is 48.2 Å². The van der Waals surface area contributed by atoms with E-state index in [9.17, 15) is 18.8 Å². The number of hydrogen-bond donors (Lipinski definition) is 1. The lowest BCUT2D eigenvalue weighted by atomic mass is 10.1. The molecule has 2 saturated heterocycles. The molecule has 2 aromatic rings. The Morgan fingerprint density at radius 1 is 1.18 bits per heavy atom. The lowest BCUT2D eigenvalue weighted by molar-refractivity contribution is -0.127. The Morgan fingerprint density at radius 2 is 1.88 bits per heavy atom. The van der Waals surface area contributed by atoms with E-state index in [1.807, 2.05) is 11.8 Å². The molecular formula is C24H24FN3O4S. The number of rotatable bonds is 6. The zero-order valence-corrected chi connectivity index (χ0v) is 19.2. The number of ether oxygens (including phenoxy) is 1. The van der Waals surface area contributed by atoms with Gasteiger partial charge in [-0.3, -0.25) is 19.3 Å². The fraction of sp³-hybridized carbons (Fsp3) is 0.292. The molecule has 33 heavy (non-hydrogen) atoms. The van der Waals surface area contributed by atoms with Crippen LogP contribution in [0.5, 0.6) is 5.75 Å². The summed E-state index contributed by atoms with van der Waals surface area (Å²) in [5, 5.41) is 2.11. The predicted molar refractivity (Wildman–Crippen MR) is 127 cm³/mol. The molecule has 0 atom stereocenters. The van der Waals surface area contributed by atoms with E-state index >= 15 is 0 Å². The fourth-order valence-corrected chi connectivity index (χ4v) is 4.66. The van der Waals surface area contributed by atoms with E-state index in [1.54, 1.807) is 37.4 Å². The Morgan fingerprint density at radius 3 is 2.55 bits per heavy atom. The van der Waals surface area contributed by atoms with Crippen molar-refractivity contribution in [1.29, 1.82) is 0 Å². The molecule has 9 heteroatoms. The third kappa shape index (κ3) is 5.03. The number of nitrogens with one attached hydrogen (secondary N) is 1. The van der Waals surface area contributed by atoms with Gasteiger partial charge in [0.2, 0.25) is 5.91 Å². The van der Waals surface area contributed by atoms with Gasteiger partial charge in [-0.05, 0) is 85.1 Å². The molecule has 1 N–H and O–H groups in total. The van der Waals surface area contributed by atoms with Gasteiger partial charge in [-0.25, -0.2) is 4.39 Å². The number of methoxy groups -OCH3 is 1. The zero-order valence-electron chi connectivity index (χ0n) is 18.4. The number of aryl methyl sites for hydroxylation is 1. The summed E-state index contributed by atoms with van der Waals surface area (Å²) in [6.07, 6.45) is 3.59. The average molecular weight is 470 g/mol. The molecule has 0 bridgehead atoms. The van der Waals surface area contributed by atoms with E-state index in [4.69, 9.17) is 4.74 Å². The maximum atomic E-state index is 14.7. The summed E-state index contributed by atoms with van der Waals surface area (Å²) in [6, 6.07) is 9.87. The number of thioether (sulfide) groups is 1. The molecule has 172 valence electrons. The topological polar surface area (TPSA) is 79.0 Å². The highest BCUT2D eigenvalue weighted by atomic mass is 32.2. The molecule has 2 fully saturated rings. The van der Waals surface area contributed by atoms with Crippen LogP contribution in [0.2, 0.25) is 0 Å². The van der Waals surface area contributed by atoms with Gasteiger partial charge in [0.1, 0.15) is 18.1 Å². The SMILES string of the molecule is COc1ccc(NC(=O)CN2C(=O)S/C(=C\c3cc(F)c(N4CCCC4)cc3C)C2=O)cc1. The Labute approximate surface area is 195 Å². The molecule has 7 nitrogen and oxygen atoms in total. The molecular weight excluding hydrogens is 445 g/mol. The molecule has 3 amide bonds. The standard InChI is InChI=1S/C24H24FN3O4S/c1-15-11-20(27-9-3-4-10-27)19(25)12-16(15)13-21-23(30)28(24(31)33-21)14-22(29)26-17-5-7-18(32-2)8-6-17/h5-8,11-13H,3-4,9-10,14H2,1-2H3,(H,26,29)/b21-13-. The number of imide groups is 1. The highest BCUT2D eigenvalue weighted by Crippen LogP contribution is 2.34. The van der Waals surface area contributed by atoms with Crippen molar-refractivity contribution in [2.24, 2.45) is 0 Å². The van der Waals surface area contributed by atoms with Crippen LogP contribution < -0.4 is 15.0 Å². The molecule has 0 unspecified atom stereocenters. The lowest BCUT2D eigenvalue weighted by Crippen LogP contribution is -2.36. The zero-order chi connectivity index (χ0) is 23.5. The first-order valence-electron chi connectivity index (χ1n) is 10.6. The van der Waals surface area contributed by atoms with Crippen molar-refractivity contribution in [3.05, 3.63) is 58.2 Å². The van der Waals surface area contributed by atoms with Gasteiger partial charge < -0.3 is 15.0 Å². The van der Waals surface area contributed by atoms with Crippen molar-refractivity contribution in [2.75, 3.05) is 37.0 Å². The van der Waals surface area contributed by atoms with Crippen LogP contribution in [-0.4, -0.2) is 48.7 Å². The Kier molecular flexibility index (Phi) is 6.69. The van der Waals surface area contributed by atoms with Gasteiger partial charge in [0.25, 0.3) is 11.1 Å². The van der Waals surface area contributed by atoms with Gasteiger partial charge in [-0.2, -0.15) is 0 Å². The van der Waals surface area contributed by atoms with E-state index < -0.39 is 23.6 Å². The van der Waals surface area contributed by atoms with E-state index in [1.165, 1.54) is 12.1 Å². The lowest BCUT2D eigenvalue weighted by Gasteiger charge is -2.19. The quantitative estimate of drug-likeness (QED) is 0.631. The summed E-state index contributed by atoms with van der Waals surface area (Å²) in [5.74, 6) is -0.782. The summed E-state index contributed by atoms with van der Waals surface area (Å²) in [7, 11) is 1.54. The summed E-state index contributed by atoms with van der Waals surface area (Å²) in [6.45, 7) is 3.09. The summed E-state index contributed by atoms with van der Waals surface area (Å²) < 4.78 is 19.8. The van der Waals surface area contributed by atoms with Crippen LogP contribution in [-0.2, 0) is 9.59 Å². The first-order chi connectivity index (χ1) is 15.9. The van der Waals surface area contributed by atoms with Crippen molar-refractivity contribution >= 4 is 46.3 Å². The summed E-state index contributed by atoms with van der Waals surface area (Å²) >= 11 is 0.743. The molecule has 0 aliphatic carbocycles. The monoisotopic (exact) mass is 469 g/mol. The maximum absolute atomic E-state index is 14.7. The van der Waals surface area contributed by atoms with Crippen LogP contribution in [0.1, 0.15) is 24.0 Å². The second-order valence-corrected chi connectivity index (χ2v) is 8.89. The Hall–Kier alpha value is -3.33. The highest BCUT2D eigenvalue weighted by Gasteiger charge is 2.36. The number of amides is 3. The Balaban J connectivity index is 1.46. The first-order valence-corrected chi connectivity index (χ1v) is 11.4. The third-order valence-electron chi connectivity index (χ3n) is 5.62. The number of carbonyl (C=O) groups excluding carboxylic acids is 3. The maximum Gasteiger partial charge on any atom is 0.294 e. The first kappa shape index (κ1) is 22.8.